The number of hydrogen-bond acceptors (Lipinski definition) is 5. The number of esters is 1. The molecule has 0 fully saturated rings. The summed E-state index contributed by atoms with van der Waals surface area (Å²) in [5.41, 5.74) is 2.54. The molecule has 6 nitrogen and oxygen atoms in total. The zero-order chi connectivity index (χ0) is 20.1. The molecule has 0 amide bonds. The van der Waals surface area contributed by atoms with Gasteiger partial charge >= 0.3 is 5.97 Å². The average Bonchev–Trinajstić information content (AvgIpc) is 3.05. The lowest BCUT2D eigenvalue weighted by atomic mass is 10.0. The van der Waals surface area contributed by atoms with Gasteiger partial charge < -0.3 is 14.0 Å². The van der Waals surface area contributed by atoms with E-state index >= 15 is 0 Å². The van der Waals surface area contributed by atoms with Gasteiger partial charge in [0.05, 0.1) is 23.8 Å². The minimum atomic E-state index is -0.473. The van der Waals surface area contributed by atoms with Gasteiger partial charge in [-0.2, -0.15) is 10.5 Å². The van der Waals surface area contributed by atoms with Crippen LogP contribution in [0, 0.1) is 22.7 Å². The molecule has 0 aliphatic heterocycles. The summed E-state index contributed by atoms with van der Waals surface area (Å²) in [6.45, 7) is 1.99. The van der Waals surface area contributed by atoms with Crippen molar-refractivity contribution >= 4 is 5.97 Å². The Morgan fingerprint density at radius 2 is 1.61 bits per heavy atom. The molecule has 0 unspecified atom stereocenters. The molecule has 0 radical (unpaired) electrons. The van der Waals surface area contributed by atoms with Crippen LogP contribution in [0.5, 0.6) is 11.5 Å². The standard InChI is InChI=1S/C22H17N3O3/c1-3-27-22(26)21-20(17(13-24)14-25(21)2)16-6-10-19(11-7-16)28-18-8-4-15(12-23)5-9-18/h4-11,14H,3H2,1-2H3. The summed E-state index contributed by atoms with van der Waals surface area (Å²) in [6.07, 6.45) is 1.61. The van der Waals surface area contributed by atoms with Crippen LogP contribution in [0.25, 0.3) is 11.1 Å². The Hall–Kier alpha value is -4.03. The number of hydrogen-bond donors (Lipinski definition) is 0. The summed E-state index contributed by atoms with van der Waals surface area (Å²) >= 11 is 0. The first-order valence-corrected chi connectivity index (χ1v) is 8.62. The number of aryl methyl sites for hydroxylation is 1. The van der Waals surface area contributed by atoms with E-state index in [1.165, 1.54) is 0 Å². The SMILES string of the molecule is CCOC(=O)c1c(-c2ccc(Oc3ccc(C#N)cc3)cc2)c(C#N)cn1C. The minimum absolute atomic E-state index is 0.253. The van der Waals surface area contributed by atoms with Crippen LogP contribution >= 0.6 is 0 Å². The third kappa shape index (κ3) is 3.72. The van der Waals surface area contributed by atoms with E-state index in [-0.39, 0.29) is 6.61 Å². The van der Waals surface area contributed by atoms with Crippen molar-refractivity contribution in [1.29, 1.82) is 10.5 Å². The second kappa shape index (κ2) is 8.11. The Morgan fingerprint density at radius 1 is 1.00 bits per heavy atom. The number of aromatic nitrogens is 1. The summed E-state index contributed by atoms with van der Waals surface area (Å²) in [5.74, 6) is 0.733. The fourth-order valence-corrected chi connectivity index (χ4v) is 2.87. The van der Waals surface area contributed by atoms with E-state index in [0.29, 0.717) is 39.4 Å². The maximum absolute atomic E-state index is 12.3. The minimum Gasteiger partial charge on any atom is -0.461 e. The van der Waals surface area contributed by atoms with Crippen LogP contribution in [0.1, 0.15) is 28.5 Å². The highest BCUT2D eigenvalue weighted by Gasteiger charge is 2.22. The fraction of sp³-hybridized carbons (Fsp3) is 0.136. The van der Waals surface area contributed by atoms with Gasteiger partial charge in [-0.1, -0.05) is 12.1 Å². The Bertz CT molecular complexity index is 1080. The Labute approximate surface area is 162 Å². The van der Waals surface area contributed by atoms with Crippen LogP contribution in [-0.2, 0) is 11.8 Å². The van der Waals surface area contributed by atoms with Crippen LogP contribution in [0.2, 0.25) is 0 Å². The van der Waals surface area contributed by atoms with Crippen LogP contribution in [-0.4, -0.2) is 17.1 Å². The van der Waals surface area contributed by atoms with Crippen molar-refractivity contribution in [3.63, 3.8) is 0 Å². The lowest BCUT2D eigenvalue weighted by Crippen LogP contribution is -2.10. The van der Waals surface area contributed by atoms with Gasteiger partial charge in [0.1, 0.15) is 23.3 Å². The maximum atomic E-state index is 12.3. The second-order valence-electron chi connectivity index (χ2n) is 5.97. The molecule has 0 bridgehead atoms. The topological polar surface area (TPSA) is 88.0 Å². The van der Waals surface area contributed by atoms with E-state index in [4.69, 9.17) is 14.7 Å². The molecule has 0 atom stereocenters. The molecule has 0 N–H and O–H groups in total. The molecule has 1 aromatic heterocycles. The van der Waals surface area contributed by atoms with Gasteiger partial charge in [0, 0.05) is 18.8 Å². The van der Waals surface area contributed by atoms with Crippen molar-refractivity contribution in [2.45, 2.75) is 6.92 Å². The molecule has 0 saturated carbocycles. The van der Waals surface area contributed by atoms with Crippen molar-refractivity contribution < 1.29 is 14.3 Å². The largest absolute Gasteiger partial charge is 0.461 e. The van der Waals surface area contributed by atoms with Crippen LogP contribution in [0.3, 0.4) is 0 Å². The molecule has 28 heavy (non-hydrogen) atoms. The molecule has 0 spiro atoms. The summed E-state index contributed by atoms with van der Waals surface area (Å²) in [4.78, 5) is 12.3. The van der Waals surface area contributed by atoms with E-state index in [9.17, 15) is 10.1 Å². The first-order valence-electron chi connectivity index (χ1n) is 8.62. The van der Waals surface area contributed by atoms with Gasteiger partial charge in [-0.25, -0.2) is 4.79 Å². The molecule has 3 aromatic rings. The van der Waals surface area contributed by atoms with Gasteiger partial charge in [0.15, 0.2) is 0 Å². The van der Waals surface area contributed by atoms with Crippen LogP contribution in [0.4, 0.5) is 0 Å². The monoisotopic (exact) mass is 371 g/mol. The molecular weight excluding hydrogens is 354 g/mol. The molecule has 2 aromatic carbocycles. The van der Waals surface area contributed by atoms with Crippen molar-refractivity contribution in [1.82, 2.24) is 4.57 Å². The highest BCUT2D eigenvalue weighted by molar-refractivity contribution is 5.97. The van der Waals surface area contributed by atoms with Crippen LogP contribution < -0.4 is 4.74 Å². The normalized spacial score (nSPS) is 10.0. The van der Waals surface area contributed by atoms with Gasteiger partial charge in [0.25, 0.3) is 0 Å². The maximum Gasteiger partial charge on any atom is 0.355 e. The molecule has 3 rings (SSSR count). The zero-order valence-corrected chi connectivity index (χ0v) is 15.5. The van der Waals surface area contributed by atoms with E-state index in [1.807, 2.05) is 0 Å². The van der Waals surface area contributed by atoms with E-state index in [2.05, 4.69) is 12.1 Å². The third-order valence-corrected chi connectivity index (χ3v) is 4.13. The van der Waals surface area contributed by atoms with Crippen molar-refractivity contribution in [3.05, 3.63) is 71.5 Å². The number of carbonyl (C=O) groups excluding carboxylic acids is 1. The molecule has 6 heteroatoms. The summed E-state index contributed by atoms with van der Waals surface area (Å²) in [7, 11) is 1.71. The number of nitriles is 2. The lowest BCUT2D eigenvalue weighted by Gasteiger charge is -2.09. The van der Waals surface area contributed by atoms with Crippen molar-refractivity contribution in [3.8, 4) is 34.8 Å². The lowest BCUT2D eigenvalue weighted by molar-refractivity contribution is 0.0516. The number of benzene rings is 2. The molecular formula is C22H17N3O3. The van der Waals surface area contributed by atoms with E-state index in [0.717, 1.165) is 0 Å². The average molecular weight is 371 g/mol. The molecule has 0 saturated heterocycles. The molecule has 0 aliphatic rings. The van der Waals surface area contributed by atoms with Gasteiger partial charge in [-0.05, 0) is 48.9 Å². The zero-order valence-electron chi connectivity index (χ0n) is 15.5. The number of ether oxygens (including phenoxy) is 2. The van der Waals surface area contributed by atoms with Crippen molar-refractivity contribution in [2.24, 2.45) is 7.05 Å². The molecule has 0 aliphatic carbocycles. The Morgan fingerprint density at radius 3 is 2.14 bits per heavy atom. The second-order valence-corrected chi connectivity index (χ2v) is 5.97. The number of carbonyl (C=O) groups is 1. The Balaban J connectivity index is 1.92. The van der Waals surface area contributed by atoms with Gasteiger partial charge in [-0.15, -0.1) is 0 Å². The van der Waals surface area contributed by atoms with E-state index < -0.39 is 5.97 Å². The highest BCUT2D eigenvalue weighted by Crippen LogP contribution is 2.32. The number of nitrogens with zero attached hydrogens (tertiary/aromatic N) is 3. The molecule has 138 valence electrons. The quantitative estimate of drug-likeness (QED) is 0.620. The third-order valence-electron chi connectivity index (χ3n) is 4.13. The predicted molar refractivity (Wildman–Crippen MR) is 103 cm³/mol. The highest BCUT2D eigenvalue weighted by atomic mass is 16.5. The van der Waals surface area contributed by atoms with E-state index in [1.54, 1.807) is 73.3 Å². The first-order chi connectivity index (χ1) is 13.6. The first kappa shape index (κ1) is 18.8. The summed E-state index contributed by atoms with van der Waals surface area (Å²) in [6, 6.07) is 18.1. The van der Waals surface area contributed by atoms with Gasteiger partial charge in [0.2, 0.25) is 0 Å². The molecule has 1 heterocycles. The number of rotatable bonds is 5. The smallest absolute Gasteiger partial charge is 0.355 e. The van der Waals surface area contributed by atoms with Gasteiger partial charge in [-0.3, -0.25) is 0 Å². The van der Waals surface area contributed by atoms with Crippen molar-refractivity contribution in [2.75, 3.05) is 6.61 Å². The summed E-state index contributed by atoms with van der Waals surface area (Å²) < 4.78 is 12.5. The summed E-state index contributed by atoms with van der Waals surface area (Å²) in [5, 5.41) is 18.3. The predicted octanol–water partition coefficient (Wildman–Crippen LogP) is 4.40. The Kier molecular flexibility index (Phi) is 5.43. The fourth-order valence-electron chi connectivity index (χ4n) is 2.87. The van der Waals surface area contributed by atoms with Crippen LogP contribution in [0.15, 0.2) is 54.7 Å².